The molecule has 0 radical (unpaired) electrons. The quantitative estimate of drug-likeness (QED) is 0.606. The summed E-state index contributed by atoms with van der Waals surface area (Å²) in [6, 6.07) is 7.81. The molecule has 4 rings (SSSR count). The van der Waals surface area contributed by atoms with E-state index in [1.54, 1.807) is 6.07 Å². The Morgan fingerprint density at radius 1 is 1.07 bits per heavy atom. The molecule has 8 nitrogen and oxygen atoms in total. The van der Waals surface area contributed by atoms with Gasteiger partial charge >= 0.3 is 6.03 Å². The standard InChI is InChI=1S/C18H11ClN2O6/c19-10-1-3-13(22)9(5-10)6-12-16(23)20-18(25)21(17(12)24)11-2-4-14-15(7-11)27-8-26-14/h1-7,22H,8H2,(H,20,23,25)/b12-6+. The fraction of sp³-hybridized carbons (Fsp3) is 0.0556. The lowest BCUT2D eigenvalue weighted by atomic mass is 10.1. The summed E-state index contributed by atoms with van der Waals surface area (Å²) in [4.78, 5) is 38.1. The van der Waals surface area contributed by atoms with Crippen LogP contribution in [0.3, 0.4) is 0 Å². The van der Waals surface area contributed by atoms with E-state index in [0.717, 1.165) is 4.90 Å². The lowest BCUT2D eigenvalue weighted by Crippen LogP contribution is -2.54. The van der Waals surface area contributed by atoms with Crippen molar-refractivity contribution in [2.24, 2.45) is 0 Å². The predicted molar refractivity (Wildman–Crippen MR) is 94.7 cm³/mol. The monoisotopic (exact) mass is 386 g/mol. The van der Waals surface area contributed by atoms with Crippen LogP contribution >= 0.6 is 11.6 Å². The van der Waals surface area contributed by atoms with Crippen LogP contribution in [0.1, 0.15) is 5.56 Å². The minimum Gasteiger partial charge on any atom is -0.507 e. The van der Waals surface area contributed by atoms with Crippen LogP contribution in [0.5, 0.6) is 17.2 Å². The van der Waals surface area contributed by atoms with Gasteiger partial charge in [0.25, 0.3) is 11.8 Å². The Labute approximate surface area is 157 Å². The molecule has 27 heavy (non-hydrogen) atoms. The van der Waals surface area contributed by atoms with Gasteiger partial charge in [0.05, 0.1) is 5.69 Å². The third kappa shape index (κ3) is 2.96. The van der Waals surface area contributed by atoms with E-state index in [4.69, 9.17) is 21.1 Å². The Kier molecular flexibility index (Phi) is 3.97. The molecule has 136 valence electrons. The average molecular weight is 387 g/mol. The number of hydrogen-bond acceptors (Lipinski definition) is 6. The zero-order chi connectivity index (χ0) is 19.1. The van der Waals surface area contributed by atoms with Crippen molar-refractivity contribution in [2.45, 2.75) is 0 Å². The van der Waals surface area contributed by atoms with Gasteiger partial charge in [0.1, 0.15) is 11.3 Å². The normalized spacial score (nSPS) is 17.4. The molecule has 9 heteroatoms. The maximum Gasteiger partial charge on any atom is 0.335 e. The number of imide groups is 2. The molecular formula is C18H11ClN2O6. The van der Waals surface area contributed by atoms with Gasteiger partial charge in [0.2, 0.25) is 6.79 Å². The third-order valence-electron chi connectivity index (χ3n) is 4.01. The van der Waals surface area contributed by atoms with E-state index in [2.05, 4.69) is 5.32 Å². The fourth-order valence-corrected chi connectivity index (χ4v) is 2.89. The maximum absolute atomic E-state index is 12.8. The highest BCUT2D eigenvalue weighted by Crippen LogP contribution is 2.36. The van der Waals surface area contributed by atoms with Crippen LogP contribution < -0.4 is 19.7 Å². The number of ether oxygens (including phenoxy) is 2. The zero-order valence-electron chi connectivity index (χ0n) is 13.6. The highest BCUT2D eigenvalue weighted by molar-refractivity contribution is 6.39. The Morgan fingerprint density at radius 3 is 2.67 bits per heavy atom. The second kappa shape index (κ2) is 6.33. The molecular weight excluding hydrogens is 376 g/mol. The molecule has 1 fully saturated rings. The van der Waals surface area contributed by atoms with Crippen molar-refractivity contribution in [3.63, 3.8) is 0 Å². The van der Waals surface area contributed by atoms with Gasteiger partial charge in [-0.15, -0.1) is 0 Å². The van der Waals surface area contributed by atoms with Crippen molar-refractivity contribution in [3.05, 3.63) is 52.6 Å². The number of barbiturate groups is 1. The molecule has 2 aromatic rings. The van der Waals surface area contributed by atoms with Gasteiger partial charge in [0.15, 0.2) is 11.5 Å². The fourth-order valence-electron chi connectivity index (χ4n) is 2.71. The molecule has 2 aromatic carbocycles. The van der Waals surface area contributed by atoms with Gasteiger partial charge in [-0.2, -0.15) is 0 Å². The summed E-state index contributed by atoms with van der Waals surface area (Å²) in [6.07, 6.45) is 1.17. The van der Waals surface area contributed by atoms with E-state index in [9.17, 15) is 19.5 Å². The summed E-state index contributed by atoms with van der Waals surface area (Å²) >= 11 is 5.89. The van der Waals surface area contributed by atoms with E-state index >= 15 is 0 Å². The molecule has 0 unspecified atom stereocenters. The summed E-state index contributed by atoms with van der Waals surface area (Å²) < 4.78 is 10.5. The van der Waals surface area contributed by atoms with E-state index in [1.807, 2.05) is 0 Å². The molecule has 2 aliphatic heterocycles. The van der Waals surface area contributed by atoms with Gasteiger partial charge < -0.3 is 14.6 Å². The van der Waals surface area contributed by atoms with Gasteiger partial charge in [-0.05, 0) is 36.4 Å². The number of hydrogen-bond donors (Lipinski definition) is 2. The van der Waals surface area contributed by atoms with E-state index in [0.29, 0.717) is 16.5 Å². The number of phenols is 1. The summed E-state index contributed by atoms with van der Waals surface area (Å²) in [6.45, 7) is 0.0383. The number of carbonyl (C=O) groups excluding carboxylic acids is 3. The number of urea groups is 1. The molecule has 0 atom stereocenters. The summed E-state index contributed by atoms with van der Waals surface area (Å²) in [5.41, 5.74) is 0.0429. The van der Waals surface area contributed by atoms with Gasteiger partial charge in [-0.25, -0.2) is 9.69 Å². The maximum atomic E-state index is 12.8. The lowest BCUT2D eigenvalue weighted by molar-refractivity contribution is -0.122. The minimum absolute atomic E-state index is 0.0383. The van der Waals surface area contributed by atoms with Gasteiger partial charge in [-0.1, -0.05) is 11.6 Å². The van der Waals surface area contributed by atoms with E-state index in [-0.39, 0.29) is 29.4 Å². The number of nitrogens with one attached hydrogen (secondary N) is 1. The molecule has 2 N–H and O–H groups in total. The highest BCUT2D eigenvalue weighted by Gasteiger charge is 2.37. The van der Waals surface area contributed by atoms with Crippen LogP contribution in [0.2, 0.25) is 5.02 Å². The number of benzene rings is 2. The summed E-state index contributed by atoms with van der Waals surface area (Å²) in [7, 11) is 0. The molecule has 0 bridgehead atoms. The second-order valence-corrected chi connectivity index (χ2v) is 6.13. The predicted octanol–water partition coefficient (Wildman–Crippen LogP) is 2.44. The molecule has 0 aliphatic carbocycles. The number of nitrogens with zero attached hydrogens (tertiary/aromatic N) is 1. The van der Waals surface area contributed by atoms with Crippen molar-refractivity contribution in [1.82, 2.24) is 5.32 Å². The van der Waals surface area contributed by atoms with Crippen molar-refractivity contribution in [1.29, 1.82) is 0 Å². The summed E-state index contributed by atoms with van der Waals surface area (Å²) in [5.74, 6) is -1.02. The number of carbonyl (C=O) groups is 3. The lowest BCUT2D eigenvalue weighted by Gasteiger charge is -2.26. The number of anilines is 1. The molecule has 0 spiro atoms. The van der Waals surface area contributed by atoms with Crippen LogP contribution in [0, 0.1) is 0 Å². The summed E-state index contributed by atoms with van der Waals surface area (Å²) in [5, 5.41) is 12.3. The first kappa shape index (κ1) is 16.9. The molecule has 0 saturated carbocycles. The second-order valence-electron chi connectivity index (χ2n) is 5.70. The van der Waals surface area contributed by atoms with Gasteiger partial charge in [0, 0.05) is 16.7 Å². The first-order valence-corrected chi connectivity index (χ1v) is 8.11. The first-order valence-electron chi connectivity index (χ1n) is 7.73. The Bertz CT molecular complexity index is 1030. The molecule has 0 aromatic heterocycles. The van der Waals surface area contributed by atoms with Crippen molar-refractivity contribution in [3.8, 4) is 17.2 Å². The number of halogens is 1. The Hall–Kier alpha value is -3.52. The number of fused-ring (bicyclic) bond motifs is 1. The highest BCUT2D eigenvalue weighted by atomic mass is 35.5. The topological polar surface area (TPSA) is 105 Å². The van der Waals surface area contributed by atoms with Crippen molar-refractivity contribution in [2.75, 3.05) is 11.7 Å². The smallest absolute Gasteiger partial charge is 0.335 e. The van der Waals surface area contributed by atoms with Crippen LogP contribution in [-0.2, 0) is 9.59 Å². The SMILES string of the molecule is O=C1NC(=O)N(c2ccc3c(c2)OCO3)C(=O)/C1=C/c1cc(Cl)ccc1O. The third-order valence-corrected chi connectivity index (χ3v) is 4.24. The van der Waals surface area contributed by atoms with E-state index < -0.39 is 17.8 Å². The zero-order valence-corrected chi connectivity index (χ0v) is 14.3. The number of amides is 4. The molecule has 2 aliphatic rings. The Balaban J connectivity index is 1.75. The number of rotatable bonds is 2. The van der Waals surface area contributed by atoms with Crippen LogP contribution in [-0.4, -0.2) is 29.7 Å². The van der Waals surface area contributed by atoms with Crippen LogP contribution in [0.15, 0.2) is 42.0 Å². The molecule has 1 saturated heterocycles. The number of phenolic OH excluding ortho intramolecular Hbond substituents is 1. The largest absolute Gasteiger partial charge is 0.507 e. The average Bonchev–Trinajstić information content (AvgIpc) is 3.09. The van der Waals surface area contributed by atoms with Gasteiger partial charge in [-0.3, -0.25) is 14.9 Å². The molecule has 4 amide bonds. The van der Waals surface area contributed by atoms with Crippen LogP contribution in [0.25, 0.3) is 6.08 Å². The van der Waals surface area contributed by atoms with Crippen molar-refractivity contribution >= 4 is 41.2 Å². The number of aromatic hydroxyl groups is 1. The van der Waals surface area contributed by atoms with Crippen molar-refractivity contribution < 1.29 is 29.0 Å². The minimum atomic E-state index is -0.892. The first-order chi connectivity index (χ1) is 12.9. The van der Waals surface area contributed by atoms with Crippen LogP contribution in [0.4, 0.5) is 10.5 Å². The molecule has 2 heterocycles. The Morgan fingerprint density at radius 2 is 1.85 bits per heavy atom. The van der Waals surface area contributed by atoms with E-state index in [1.165, 1.54) is 36.4 Å².